The van der Waals surface area contributed by atoms with E-state index < -0.39 is 29.9 Å². The van der Waals surface area contributed by atoms with Crippen LogP contribution in [0.25, 0.3) is 0 Å². The molecule has 1 heterocycles. The van der Waals surface area contributed by atoms with Gasteiger partial charge in [-0.05, 0) is 50.5 Å². The Kier molecular flexibility index (Phi) is 14.3. The van der Waals surface area contributed by atoms with Gasteiger partial charge in [0.25, 0.3) is 0 Å². The SMILES string of the molecule is C=C(NC1CCCCC1)NC(C(=C)N1CCCC1C(=O)NC(C)C(=C)C(=O)NCC(=O)NC(C(=O)N(C)CC)c1ccccc1)C(C)(C)C. The topological polar surface area (TPSA) is 135 Å². The van der Waals surface area contributed by atoms with Gasteiger partial charge in [0.2, 0.25) is 23.6 Å². The van der Waals surface area contributed by atoms with Gasteiger partial charge in [-0.25, -0.2) is 0 Å². The number of nitrogens with one attached hydrogen (secondary N) is 5. The van der Waals surface area contributed by atoms with Crippen molar-refractivity contribution in [2.24, 2.45) is 5.41 Å². The Morgan fingerprint density at radius 3 is 2.20 bits per heavy atom. The molecule has 3 rings (SSSR count). The van der Waals surface area contributed by atoms with Gasteiger partial charge in [-0.1, -0.05) is 90.1 Å². The van der Waals surface area contributed by atoms with Crippen LogP contribution >= 0.6 is 0 Å². The summed E-state index contributed by atoms with van der Waals surface area (Å²) in [5.74, 6) is -0.793. The summed E-state index contributed by atoms with van der Waals surface area (Å²) in [6.45, 7) is 23.4. The number of nitrogens with zero attached hydrogens (tertiary/aromatic N) is 2. The van der Waals surface area contributed by atoms with E-state index in [1.54, 1.807) is 38.2 Å². The number of carbonyl (C=O) groups excluding carboxylic acids is 4. The molecule has 4 amide bonds. The molecular formula is C38H59N7O4. The fourth-order valence-corrected chi connectivity index (χ4v) is 6.45. The first kappa shape index (κ1) is 39.2. The Bertz CT molecular complexity index is 1350. The maximum absolute atomic E-state index is 13.6. The van der Waals surface area contributed by atoms with Crippen LogP contribution in [0.4, 0.5) is 0 Å². The lowest BCUT2D eigenvalue weighted by Gasteiger charge is -2.41. The normalized spacial score (nSPS) is 18.3. The second kappa shape index (κ2) is 17.9. The number of likely N-dealkylation sites (tertiary alicyclic amines) is 1. The third-order valence-corrected chi connectivity index (χ3v) is 9.54. The summed E-state index contributed by atoms with van der Waals surface area (Å²) in [6.07, 6.45) is 7.49. The molecular weight excluding hydrogens is 618 g/mol. The predicted octanol–water partition coefficient (Wildman–Crippen LogP) is 3.88. The van der Waals surface area contributed by atoms with Crippen LogP contribution in [0.1, 0.15) is 91.2 Å². The van der Waals surface area contributed by atoms with E-state index >= 15 is 0 Å². The van der Waals surface area contributed by atoms with Crippen molar-refractivity contribution in [3.05, 3.63) is 72.7 Å². The molecule has 5 N–H and O–H groups in total. The molecule has 11 heteroatoms. The number of likely N-dealkylation sites (N-methyl/N-ethyl adjacent to an activating group) is 1. The van der Waals surface area contributed by atoms with Crippen LogP contribution in [-0.4, -0.2) is 84.3 Å². The third-order valence-electron chi connectivity index (χ3n) is 9.54. The number of hydrogen-bond donors (Lipinski definition) is 5. The molecule has 0 bridgehead atoms. The molecule has 1 saturated carbocycles. The largest absolute Gasteiger partial charge is 0.370 e. The molecule has 4 unspecified atom stereocenters. The van der Waals surface area contributed by atoms with Crippen molar-refractivity contribution in [1.29, 1.82) is 0 Å². The maximum Gasteiger partial charge on any atom is 0.249 e. The highest BCUT2D eigenvalue weighted by Crippen LogP contribution is 2.32. The highest BCUT2D eigenvalue weighted by Gasteiger charge is 2.38. The summed E-state index contributed by atoms with van der Waals surface area (Å²) in [4.78, 5) is 56.0. The van der Waals surface area contributed by atoms with Gasteiger partial charge in [-0.2, -0.15) is 0 Å². The minimum absolute atomic E-state index is 0.116. The van der Waals surface area contributed by atoms with E-state index in [2.05, 4.69) is 72.0 Å². The highest BCUT2D eigenvalue weighted by atomic mass is 16.2. The van der Waals surface area contributed by atoms with Gasteiger partial charge in [0.15, 0.2) is 0 Å². The third kappa shape index (κ3) is 11.1. The van der Waals surface area contributed by atoms with Gasteiger partial charge in [0.1, 0.15) is 12.1 Å². The van der Waals surface area contributed by atoms with E-state index in [9.17, 15) is 19.2 Å². The Hall–Kier alpha value is -4.28. The van der Waals surface area contributed by atoms with E-state index in [0.717, 1.165) is 30.8 Å². The second-order valence-electron chi connectivity index (χ2n) is 14.4. The summed E-state index contributed by atoms with van der Waals surface area (Å²) in [6, 6.07) is 7.19. The molecule has 1 aromatic rings. The van der Waals surface area contributed by atoms with E-state index in [0.29, 0.717) is 31.1 Å². The van der Waals surface area contributed by atoms with Crippen molar-refractivity contribution >= 4 is 23.6 Å². The number of hydrogen-bond acceptors (Lipinski definition) is 7. The van der Waals surface area contributed by atoms with Crippen LogP contribution < -0.4 is 26.6 Å². The van der Waals surface area contributed by atoms with Gasteiger partial charge in [-0.3, -0.25) is 19.2 Å². The molecule has 0 aromatic heterocycles. The molecule has 270 valence electrons. The van der Waals surface area contributed by atoms with Crippen molar-refractivity contribution in [1.82, 2.24) is 36.4 Å². The van der Waals surface area contributed by atoms with Gasteiger partial charge < -0.3 is 36.4 Å². The molecule has 4 atom stereocenters. The average Bonchev–Trinajstić information content (AvgIpc) is 3.58. The minimum Gasteiger partial charge on any atom is -0.370 e. The predicted molar refractivity (Wildman–Crippen MR) is 195 cm³/mol. The molecule has 11 nitrogen and oxygen atoms in total. The van der Waals surface area contributed by atoms with Crippen molar-refractivity contribution in [2.75, 3.05) is 26.7 Å². The smallest absolute Gasteiger partial charge is 0.249 e. The lowest BCUT2D eigenvalue weighted by molar-refractivity contribution is -0.135. The summed E-state index contributed by atoms with van der Waals surface area (Å²) in [5.41, 5.74) is 1.38. The van der Waals surface area contributed by atoms with Crippen molar-refractivity contribution < 1.29 is 19.2 Å². The standard InChI is InChI=1S/C38H59N7O4/c1-10-44(9)37(49)33(29-18-13-11-14-19-29)43-32(46)24-39-35(47)25(2)26(3)40-36(48)31-22-17-23-45(31)27(4)34(38(6,7)8)42-28(5)41-30-20-15-12-16-21-30/h11,13-14,18-19,26,30-31,33-34,41-42H,2,4-5,10,12,15-17,20-24H2,1,3,6-9H3,(H,39,47)(H,40,48)(H,43,46). The molecule has 49 heavy (non-hydrogen) atoms. The van der Waals surface area contributed by atoms with Crippen LogP contribution in [0, 0.1) is 5.41 Å². The van der Waals surface area contributed by atoms with Crippen molar-refractivity contribution in [3.8, 4) is 0 Å². The molecule has 1 aliphatic carbocycles. The van der Waals surface area contributed by atoms with Crippen molar-refractivity contribution in [3.63, 3.8) is 0 Å². The first-order chi connectivity index (χ1) is 23.1. The first-order valence-corrected chi connectivity index (χ1v) is 17.7. The number of carbonyl (C=O) groups is 4. The van der Waals surface area contributed by atoms with E-state index in [1.165, 1.54) is 24.2 Å². The summed E-state index contributed by atoms with van der Waals surface area (Å²) in [5, 5.41) is 15.4. The Morgan fingerprint density at radius 2 is 1.59 bits per heavy atom. The average molecular weight is 678 g/mol. The monoisotopic (exact) mass is 677 g/mol. The van der Waals surface area contributed by atoms with Gasteiger partial charge in [0, 0.05) is 37.4 Å². The Balaban J connectivity index is 1.56. The Labute approximate surface area is 293 Å². The lowest BCUT2D eigenvalue weighted by Crippen LogP contribution is -2.53. The van der Waals surface area contributed by atoms with E-state index in [1.807, 2.05) is 13.0 Å². The first-order valence-electron chi connectivity index (χ1n) is 17.7. The molecule has 1 aromatic carbocycles. The molecule has 1 saturated heterocycles. The zero-order valence-corrected chi connectivity index (χ0v) is 30.5. The molecule has 0 spiro atoms. The molecule has 1 aliphatic heterocycles. The number of amides is 4. The lowest BCUT2D eigenvalue weighted by atomic mass is 9.84. The van der Waals surface area contributed by atoms with E-state index in [-0.39, 0.29) is 35.4 Å². The molecule has 2 fully saturated rings. The van der Waals surface area contributed by atoms with Crippen molar-refractivity contribution in [2.45, 2.75) is 110 Å². The van der Waals surface area contributed by atoms with Crippen LogP contribution in [0.2, 0.25) is 0 Å². The van der Waals surface area contributed by atoms with Crippen LogP contribution in [0.15, 0.2) is 67.2 Å². The van der Waals surface area contributed by atoms with Gasteiger partial charge in [0.05, 0.1) is 24.4 Å². The van der Waals surface area contributed by atoms with Crippen LogP contribution in [-0.2, 0) is 19.2 Å². The number of benzene rings is 1. The fourth-order valence-electron chi connectivity index (χ4n) is 6.45. The highest BCUT2D eigenvalue weighted by molar-refractivity contribution is 5.98. The number of rotatable bonds is 16. The molecule has 2 aliphatic rings. The Morgan fingerprint density at radius 1 is 0.939 bits per heavy atom. The zero-order chi connectivity index (χ0) is 36.3. The second-order valence-corrected chi connectivity index (χ2v) is 14.4. The summed E-state index contributed by atoms with van der Waals surface area (Å²) in [7, 11) is 1.67. The maximum atomic E-state index is 13.6. The van der Waals surface area contributed by atoms with Crippen LogP contribution in [0.5, 0.6) is 0 Å². The minimum atomic E-state index is -0.889. The summed E-state index contributed by atoms with van der Waals surface area (Å²) < 4.78 is 0. The molecule has 0 radical (unpaired) electrons. The van der Waals surface area contributed by atoms with E-state index in [4.69, 9.17) is 0 Å². The quantitative estimate of drug-likeness (QED) is 0.168. The fraction of sp³-hybridized carbons (Fsp3) is 0.579. The zero-order valence-electron chi connectivity index (χ0n) is 30.5. The van der Waals surface area contributed by atoms with Crippen LogP contribution in [0.3, 0.4) is 0 Å². The van der Waals surface area contributed by atoms with Gasteiger partial charge in [-0.15, -0.1) is 0 Å². The summed E-state index contributed by atoms with van der Waals surface area (Å²) >= 11 is 0. The van der Waals surface area contributed by atoms with Gasteiger partial charge >= 0.3 is 0 Å².